The Labute approximate surface area is 152 Å². The topological polar surface area (TPSA) is 23.5 Å². The van der Waals surface area contributed by atoms with Crippen molar-refractivity contribution in [1.82, 2.24) is 4.90 Å². The van der Waals surface area contributed by atoms with Crippen molar-refractivity contribution in [1.29, 1.82) is 0 Å². The van der Waals surface area contributed by atoms with Crippen LogP contribution in [-0.4, -0.2) is 29.1 Å². The maximum absolute atomic E-state index is 11.0. The molecular weight excluding hydrogens is 306 g/mol. The summed E-state index contributed by atoms with van der Waals surface area (Å²) in [5.41, 5.74) is 4.89. The van der Waals surface area contributed by atoms with Crippen LogP contribution in [-0.2, 0) is 12.8 Å². The molecule has 25 heavy (non-hydrogen) atoms. The quantitative estimate of drug-likeness (QED) is 0.788. The smallest absolute Gasteiger partial charge is 0.104 e. The molecule has 0 fully saturated rings. The van der Waals surface area contributed by atoms with Gasteiger partial charge in [-0.1, -0.05) is 62.4 Å². The van der Waals surface area contributed by atoms with Crippen LogP contribution in [0, 0.1) is 0 Å². The molecule has 0 saturated heterocycles. The summed E-state index contributed by atoms with van der Waals surface area (Å²) in [4.78, 5) is 2.66. The van der Waals surface area contributed by atoms with Gasteiger partial charge in [0.15, 0.2) is 0 Å². The van der Waals surface area contributed by atoms with Gasteiger partial charge in [0.05, 0.1) is 0 Å². The van der Waals surface area contributed by atoms with Gasteiger partial charge in [-0.3, -0.25) is 0 Å². The number of rotatable bonds is 7. The Morgan fingerprint density at radius 2 is 1.72 bits per heavy atom. The van der Waals surface area contributed by atoms with Gasteiger partial charge in [0.2, 0.25) is 0 Å². The number of aliphatic hydroxyl groups is 1. The fourth-order valence-corrected chi connectivity index (χ4v) is 4.23. The first-order valence-electron chi connectivity index (χ1n) is 9.82. The van der Waals surface area contributed by atoms with Crippen LogP contribution in [0.2, 0.25) is 0 Å². The van der Waals surface area contributed by atoms with E-state index in [9.17, 15) is 5.11 Å². The first-order valence-corrected chi connectivity index (χ1v) is 9.82. The molecule has 0 amide bonds. The van der Waals surface area contributed by atoms with Crippen LogP contribution in [0.1, 0.15) is 61.5 Å². The molecule has 0 aliphatic heterocycles. The minimum Gasteiger partial charge on any atom is -0.384 e. The van der Waals surface area contributed by atoms with E-state index in [1.807, 2.05) is 30.3 Å². The molecule has 2 unspecified atom stereocenters. The Hall–Kier alpha value is -1.64. The predicted molar refractivity (Wildman–Crippen MR) is 105 cm³/mol. The summed E-state index contributed by atoms with van der Waals surface area (Å²) in [6.45, 7) is 6.89. The SMILES string of the molecule is CCCN(CCC)C1CCc2cccc(C(O)c3ccccc3)c2C1. The second kappa shape index (κ2) is 8.64. The van der Waals surface area contributed by atoms with E-state index in [1.54, 1.807) is 0 Å². The average molecular weight is 338 g/mol. The molecule has 1 aliphatic rings. The number of hydrogen-bond donors (Lipinski definition) is 1. The van der Waals surface area contributed by atoms with Crippen molar-refractivity contribution >= 4 is 0 Å². The predicted octanol–water partition coefficient (Wildman–Crippen LogP) is 4.75. The van der Waals surface area contributed by atoms with Gasteiger partial charge in [0.1, 0.15) is 6.10 Å². The summed E-state index contributed by atoms with van der Waals surface area (Å²) < 4.78 is 0. The van der Waals surface area contributed by atoms with Gasteiger partial charge in [-0.25, -0.2) is 0 Å². The van der Waals surface area contributed by atoms with Crippen molar-refractivity contribution in [2.45, 2.75) is 58.1 Å². The van der Waals surface area contributed by atoms with Crippen LogP contribution in [0.15, 0.2) is 48.5 Å². The Kier molecular flexibility index (Phi) is 6.28. The Morgan fingerprint density at radius 3 is 2.40 bits per heavy atom. The van der Waals surface area contributed by atoms with Gasteiger partial charge in [-0.15, -0.1) is 0 Å². The summed E-state index contributed by atoms with van der Waals surface area (Å²) in [5.74, 6) is 0. The lowest BCUT2D eigenvalue weighted by molar-refractivity contribution is 0.176. The number of aryl methyl sites for hydroxylation is 1. The van der Waals surface area contributed by atoms with Gasteiger partial charge < -0.3 is 10.0 Å². The summed E-state index contributed by atoms with van der Waals surface area (Å²) >= 11 is 0. The fraction of sp³-hybridized carbons (Fsp3) is 0.478. The number of aliphatic hydroxyl groups excluding tert-OH is 1. The zero-order valence-corrected chi connectivity index (χ0v) is 15.6. The second-order valence-electron chi connectivity index (χ2n) is 7.23. The first kappa shape index (κ1) is 18.2. The lowest BCUT2D eigenvalue weighted by Crippen LogP contribution is -2.40. The molecule has 134 valence electrons. The highest BCUT2D eigenvalue weighted by atomic mass is 16.3. The van der Waals surface area contributed by atoms with Crippen LogP contribution in [0.4, 0.5) is 0 Å². The third kappa shape index (κ3) is 4.13. The molecule has 1 aliphatic carbocycles. The highest BCUT2D eigenvalue weighted by Gasteiger charge is 2.27. The van der Waals surface area contributed by atoms with Gasteiger partial charge in [-0.05, 0) is 67.4 Å². The lowest BCUT2D eigenvalue weighted by Gasteiger charge is -2.36. The molecule has 2 aromatic carbocycles. The lowest BCUT2D eigenvalue weighted by atomic mass is 9.82. The van der Waals surface area contributed by atoms with Crippen LogP contribution in [0.3, 0.4) is 0 Å². The van der Waals surface area contributed by atoms with E-state index >= 15 is 0 Å². The van der Waals surface area contributed by atoms with Gasteiger partial charge in [0.25, 0.3) is 0 Å². The first-order chi connectivity index (χ1) is 12.2. The molecule has 0 radical (unpaired) electrons. The number of benzene rings is 2. The Balaban J connectivity index is 1.88. The fourth-order valence-electron chi connectivity index (χ4n) is 4.23. The molecule has 2 heteroatoms. The Bertz CT molecular complexity index is 661. The summed E-state index contributed by atoms with van der Waals surface area (Å²) in [7, 11) is 0. The van der Waals surface area contributed by atoms with Crippen molar-refractivity contribution in [3.8, 4) is 0 Å². The van der Waals surface area contributed by atoms with Gasteiger partial charge >= 0.3 is 0 Å². The molecule has 0 aromatic heterocycles. The van der Waals surface area contributed by atoms with Crippen LogP contribution >= 0.6 is 0 Å². The highest BCUT2D eigenvalue weighted by molar-refractivity contribution is 5.42. The number of fused-ring (bicyclic) bond motifs is 1. The van der Waals surface area contributed by atoms with Crippen LogP contribution in [0.25, 0.3) is 0 Å². The number of nitrogens with zero attached hydrogens (tertiary/aromatic N) is 1. The summed E-state index contributed by atoms with van der Waals surface area (Å²) in [6.07, 6.45) is 5.31. The van der Waals surface area contributed by atoms with Gasteiger partial charge in [-0.2, -0.15) is 0 Å². The molecule has 3 rings (SSSR count). The second-order valence-corrected chi connectivity index (χ2v) is 7.23. The van der Waals surface area contributed by atoms with Crippen molar-refractivity contribution in [3.63, 3.8) is 0 Å². The maximum atomic E-state index is 11.0. The molecule has 2 atom stereocenters. The minimum absolute atomic E-state index is 0.527. The Morgan fingerprint density at radius 1 is 1.00 bits per heavy atom. The van der Waals surface area contributed by atoms with E-state index in [-0.39, 0.29) is 0 Å². The average Bonchev–Trinajstić information content (AvgIpc) is 2.67. The maximum Gasteiger partial charge on any atom is 0.104 e. The number of hydrogen-bond acceptors (Lipinski definition) is 2. The van der Waals surface area contributed by atoms with Crippen molar-refractivity contribution in [2.24, 2.45) is 0 Å². The van der Waals surface area contributed by atoms with Crippen LogP contribution in [0.5, 0.6) is 0 Å². The zero-order valence-electron chi connectivity index (χ0n) is 15.6. The van der Waals surface area contributed by atoms with E-state index in [1.165, 1.54) is 43.5 Å². The molecule has 0 heterocycles. The summed E-state index contributed by atoms with van der Waals surface area (Å²) in [5, 5.41) is 11.0. The van der Waals surface area contributed by atoms with Crippen molar-refractivity contribution in [3.05, 3.63) is 70.8 Å². The molecule has 1 N–H and O–H groups in total. The third-order valence-corrected chi connectivity index (χ3v) is 5.44. The molecule has 2 aromatic rings. The van der Waals surface area contributed by atoms with E-state index < -0.39 is 6.10 Å². The van der Waals surface area contributed by atoms with Crippen molar-refractivity contribution < 1.29 is 5.11 Å². The minimum atomic E-state index is -0.527. The van der Waals surface area contributed by atoms with E-state index in [0.717, 1.165) is 24.0 Å². The zero-order chi connectivity index (χ0) is 17.6. The molecule has 0 saturated carbocycles. The van der Waals surface area contributed by atoms with Crippen LogP contribution < -0.4 is 0 Å². The standard InChI is InChI=1S/C23H31NO/c1-3-15-24(16-4-2)20-14-13-18-11-8-12-21(22(18)17-20)23(25)19-9-6-5-7-10-19/h5-12,20,23,25H,3-4,13-17H2,1-2H3. The highest BCUT2D eigenvalue weighted by Crippen LogP contribution is 2.33. The largest absolute Gasteiger partial charge is 0.384 e. The molecule has 0 spiro atoms. The molecule has 2 nitrogen and oxygen atoms in total. The normalized spacial score (nSPS) is 18.2. The molecule has 0 bridgehead atoms. The monoisotopic (exact) mass is 337 g/mol. The molecular formula is C23H31NO. The van der Waals surface area contributed by atoms with E-state index in [2.05, 4.69) is 36.9 Å². The summed E-state index contributed by atoms with van der Waals surface area (Å²) in [6, 6.07) is 17.1. The van der Waals surface area contributed by atoms with E-state index in [0.29, 0.717) is 6.04 Å². The van der Waals surface area contributed by atoms with Crippen molar-refractivity contribution in [2.75, 3.05) is 13.1 Å². The van der Waals surface area contributed by atoms with Gasteiger partial charge in [0, 0.05) is 6.04 Å². The third-order valence-electron chi connectivity index (χ3n) is 5.44. The van der Waals surface area contributed by atoms with E-state index in [4.69, 9.17) is 0 Å².